The molecule has 1 atom stereocenters. The summed E-state index contributed by atoms with van der Waals surface area (Å²) in [7, 11) is 0. The predicted molar refractivity (Wildman–Crippen MR) is 115 cm³/mol. The van der Waals surface area contributed by atoms with Gasteiger partial charge >= 0.3 is 12.0 Å². The molecular formula is C22H26N2O4S. The Morgan fingerprint density at radius 2 is 1.86 bits per heavy atom. The van der Waals surface area contributed by atoms with Crippen LogP contribution in [0.15, 0.2) is 41.8 Å². The molecule has 0 radical (unpaired) electrons. The second-order valence-corrected chi connectivity index (χ2v) is 8.64. The first-order chi connectivity index (χ1) is 13.5. The SMILES string of the molecule is Cc1cccc(/C=C(/C(=O)O[C@H](C)C(=O)NC(=O)NC(C)(C)C)c2cccs2)c1. The summed E-state index contributed by atoms with van der Waals surface area (Å²) in [6, 6.07) is 10.7. The van der Waals surface area contributed by atoms with E-state index in [1.165, 1.54) is 18.3 Å². The number of rotatable bonds is 5. The Labute approximate surface area is 175 Å². The maximum absolute atomic E-state index is 12.8. The van der Waals surface area contributed by atoms with E-state index >= 15 is 0 Å². The van der Waals surface area contributed by atoms with Gasteiger partial charge in [0.25, 0.3) is 5.91 Å². The Kier molecular flexibility index (Phi) is 7.34. The van der Waals surface area contributed by atoms with Crippen LogP contribution in [0.3, 0.4) is 0 Å². The fourth-order valence-electron chi connectivity index (χ4n) is 2.45. The lowest BCUT2D eigenvalue weighted by atomic mass is 10.1. The number of imide groups is 1. The highest BCUT2D eigenvalue weighted by molar-refractivity contribution is 7.11. The van der Waals surface area contributed by atoms with Crippen molar-refractivity contribution in [1.29, 1.82) is 0 Å². The molecule has 0 aliphatic rings. The smallest absolute Gasteiger partial charge is 0.340 e. The molecule has 0 unspecified atom stereocenters. The van der Waals surface area contributed by atoms with Crippen LogP contribution in [-0.4, -0.2) is 29.6 Å². The maximum atomic E-state index is 12.8. The van der Waals surface area contributed by atoms with Crippen molar-refractivity contribution in [2.24, 2.45) is 0 Å². The molecule has 2 rings (SSSR count). The topological polar surface area (TPSA) is 84.5 Å². The zero-order valence-electron chi connectivity index (χ0n) is 17.2. The van der Waals surface area contributed by atoms with E-state index in [0.29, 0.717) is 5.57 Å². The zero-order valence-corrected chi connectivity index (χ0v) is 18.1. The van der Waals surface area contributed by atoms with Crippen LogP contribution in [0.25, 0.3) is 11.6 Å². The lowest BCUT2D eigenvalue weighted by Crippen LogP contribution is -2.50. The highest BCUT2D eigenvalue weighted by atomic mass is 32.1. The molecule has 0 fully saturated rings. The molecule has 0 saturated heterocycles. The van der Waals surface area contributed by atoms with E-state index in [1.54, 1.807) is 26.8 Å². The van der Waals surface area contributed by atoms with E-state index in [0.717, 1.165) is 16.0 Å². The van der Waals surface area contributed by atoms with Crippen molar-refractivity contribution in [3.8, 4) is 0 Å². The molecule has 154 valence electrons. The zero-order chi connectivity index (χ0) is 21.6. The average molecular weight is 415 g/mol. The van der Waals surface area contributed by atoms with Crippen LogP contribution in [0.5, 0.6) is 0 Å². The first-order valence-corrected chi connectivity index (χ1v) is 10.1. The Morgan fingerprint density at radius 1 is 1.14 bits per heavy atom. The number of hydrogen-bond donors (Lipinski definition) is 2. The Morgan fingerprint density at radius 3 is 2.45 bits per heavy atom. The number of urea groups is 1. The number of thiophene rings is 1. The third-order valence-electron chi connectivity index (χ3n) is 3.74. The fraction of sp³-hybridized carbons (Fsp3) is 0.318. The number of aryl methyl sites for hydroxylation is 1. The van der Waals surface area contributed by atoms with Gasteiger partial charge < -0.3 is 10.1 Å². The van der Waals surface area contributed by atoms with Crippen molar-refractivity contribution in [2.75, 3.05) is 0 Å². The molecular weight excluding hydrogens is 388 g/mol. The third-order valence-corrected chi connectivity index (χ3v) is 4.64. The summed E-state index contributed by atoms with van der Waals surface area (Å²) in [6.45, 7) is 8.78. The highest BCUT2D eigenvalue weighted by Gasteiger charge is 2.24. The van der Waals surface area contributed by atoms with E-state index in [4.69, 9.17) is 4.74 Å². The van der Waals surface area contributed by atoms with Crippen LogP contribution in [0.4, 0.5) is 4.79 Å². The van der Waals surface area contributed by atoms with Crippen LogP contribution in [0.2, 0.25) is 0 Å². The van der Waals surface area contributed by atoms with E-state index in [-0.39, 0.29) is 0 Å². The molecule has 0 aliphatic carbocycles. The molecule has 1 heterocycles. The number of hydrogen-bond acceptors (Lipinski definition) is 5. The molecule has 2 N–H and O–H groups in total. The lowest BCUT2D eigenvalue weighted by Gasteiger charge is -2.21. The molecule has 2 aromatic rings. The van der Waals surface area contributed by atoms with Crippen LogP contribution < -0.4 is 10.6 Å². The number of carbonyl (C=O) groups excluding carboxylic acids is 3. The van der Waals surface area contributed by atoms with Gasteiger partial charge in [0, 0.05) is 10.4 Å². The van der Waals surface area contributed by atoms with Gasteiger partial charge in [-0.25, -0.2) is 9.59 Å². The van der Waals surface area contributed by atoms with Crippen molar-refractivity contribution in [2.45, 2.75) is 46.3 Å². The summed E-state index contributed by atoms with van der Waals surface area (Å²) in [6.07, 6.45) is 0.604. The van der Waals surface area contributed by atoms with Crippen LogP contribution in [0.1, 0.15) is 43.7 Å². The summed E-state index contributed by atoms with van der Waals surface area (Å²) in [5.41, 5.74) is 1.78. The van der Waals surface area contributed by atoms with E-state index < -0.39 is 29.6 Å². The fourth-order valence-corrected chi connectivity index (χ4v) is 3.18. The summed E-state index contributed by atoms with van der Waals surface area (Å²) in [5, 5.41) is 6.67. The molecule has 0 aliphatic heterocycles. The van der Waals surface area contributed by atoms with Crippen LogP contribution in [0, 0.1) is 6.92 Å². The molecule has 6 nitrogen and oxygen atoms in total. The van der Waals surface area contributed by atoms with Gasteiger partial charge in [-0.15, -0.1) is 11.3 Å². The van der Waals surface area contributed by atoms with E-state index in [9.17, 15) is 14.4 Å². The second kappa shape index (κ2) is 9.52. The molecule has 0 bridgehead atoms. The van der Waals surface area contributed by atoms with Crippen molar-refractivity contribution in [1.82, 2.24) is 10.6 Å². The van der Waals surface area contributed by atoms with Gasteiger partial charge in [0.1, 0.15) is 0 Å². The van der Waals surface area contributed by atoms with Crippen LogP contribution >= 0.6 is 11.3 Å². The Balaban J connectivity index is 2.14. The first kappa shape index (κ1) is 22.4. The highest BCUT2D eigenvalue weighted by Crippen LogP contribution is 2.25. The van der Waals surface area contributed by atoms with Gasteiger partial charge in [-0.2, -0.15) is 0 Å². The Hall–Kier alpha value is -2.93. The molecule has 0 saturated carbocycles. The van der Waals surface area contributed by atoms with Crippen molar-refractivity contribution < 1.29 is 19.1 Å². The van der Waals surface area contributed by atoms with E-state index in [1.807, 2.05) is 48.7 Å². The first-order valence-electron chi connectivity index (χ1n) is 9.21. The van der Waals surface area contributed by atoms with Crippen molar-refractivity contribution in [3.63, 3.8) is 0 Å². The maximum Gasteiger partial charge on any atom is 0.340 e. The monoisotopic (exact) mass is 414 g/mol. The van der Waals surface area contributed by atoms with Gasteiger partial charge in [-0.05, 0) is 57.7 Å². The average Bonchev–Trinajstić information content (AvgIpc) is 3.12. The summed E-state index contributed by atoms with van der Waals surface area (Å²) in [5.74, 6) is -1.32. The Bertz CT molecular complexity index is 911. The number of ether oxygens (including phenoxy) is 1. The number of amides is 3. The molecule has 0 spiro atoms. The van der Waals surface area contributed by atoms with Gasteiger partial charge in [0.05, 0.1) is 5.57 Å². The second-order valence-electron chi connectivity index (χ2n) is 7.69. The molecule has 1 aromatic carbocycles. The third kappa shape index (κ3) is 7.19. The lowest BCUT2D eigenvalue weighted by molar-refractivity contribution is -0.148. The number of nitrogens with one attached hydrogen (secondary N) is 2. The summed E-state index contributed by atoms with van der Waals surface area (Å²) < 4.78 is 5.34. The number of carbonyl (C=O) groups is 3. The minimum atomic E-state index is -1.13. The van der Waals surface area contributed by atoms with Crippen LogP contribution in [-0.2, 0) is 14.3 Å². The largest absolute Gasteiger partial charge is 0.449 e. The van der Waals surface area contributed by atoms with Gasteiger partial charge in [-0.3, -0.25) is 10.1 Å². The molecule has 1 aromatic heterocycles. The van der Waals surface area contributed by atoms with Gasteiger partial charge in [0.15, 0.2) is 6.10 Å². The molecule has 29 heavy (non-hydrogen) atoms. The standard InChI is InChI=1S/C22H26N2O4S/c1-14-8-6-9-16(12-14)13-17(18-10-7-11-29-18)20(26)28-15(2)19(25)23-21(27)24-22(3,4)5/h6-13,15H,1-5H3,(H2,23,24,25,27)/b17-13+/t15-/m1/s1. The van der Waals surface area contributed by atoms with Crippen molar-refractivity contribution in [3.05, 3.63) is 57.8 Å². The minimum absolute atomic E-state index is 0.351. The number of esters is 1. The summed E-state index contributed by atoms with van der Waals surface area (Å²) in [4.78, 5) is 37.6. The summed E-state index contributed by atoms with van der Waals surface area (Å²) >= 11 is 1.40. The van der Waals surface area contributed by atoms with Crippen molar-refractivity contribution >= 4 is 40.9 Å². The normalized spacial score (nSPS) is 12.8. The number of benzene rings is 1. The molecule has 3 amide bonds. The van der Waals surface area contributed by atoms with E-state index in [2.05, 4.69) is 10.6 Å². The van der Waals surface area contributed by atoms with Gasteiger partial charge in [-0.1, -0.05) is 35.9 Å². The minimum Gasteiger partial charge on any atom is -0.449 e. The quantitative estimate of drug-likeness (QED) is 0.569. The predicted octanol–water partition coefficient (Wildman–Crippen LogP) is 4.15. The molecule has 7 heteroatoms. The van der Waals surface area contributed by atoms with Gasteiger partial charge in [0.2, 0.25) is 0 Å².